The van der Waals surface area contributed by atoms with Gasteiger partial charge >= 0.3 is 0 Å². The van der Waals surface area contributed by atoms with Gasteiger partial charge in [0, 0.05) is 0 Å². The summed E-state index contributed by atoms with van der Waals surface area (Å²) >= 11 is 0. The van der Waals surface area contributed by atoms with Crippen molar-refractivity contribution in [2.24, 2.45) is 11.8 Å². The van der Waals surface area contributed by atoms with Crippen LogP contribution in [0.15, 0.2) is 0 Å². The normalized spacial score (nSPS) is 53.5. The van der Waals surface area contributed by atoms with Crippen LogP contribution >= 0.6 is 0 Å². The highest BCUT2D eigenvalue weighted by Gasteiger charge is 2.59. The molecule has 0 amide bonds. The molecule has 0 aromatic heterocycles. The zero-order valence-electron chi connectivity index (χ0n) is 8.48. The lowest BCUT2D eigenvalue weighted by atomic mass is 9.54. The van der Waals surface area contributed by atoms with Gasteiger partial charge < -0.3 is 9.66 Å². The number of aliphatic hydroxyl groups is 1. The van der Waals surface area contributed by atoms with Crippen molar-refractivity contribution in [1.29, 1.82) is 0 Å². The van der Waals surface area contributed by atoms with Gasteiger partial charge in [-0.2, -0.15) is 0 Å². The molecule has 0 radical (unpaired) electrons. The van der Waals surface area contributed by atoms with Gasteiger partial charge in [-0.1, -0.05) is 0 Å². The van der Waals surface area contributed by atoms with E-state index in [2.05, 4.69) is 0 Å². The van der Waals surface area contributed by atoms with Crippen LogP contribution in [-0.4, -0.2) is 28.4 Å². The average Bonchev–Trinajstić information content (AvgIpc) is 1.95. The van der Waals surface area contributed by atoms with Crippen LogP contribution < -0.4 is 0 Å². The summed E-state index contributed by atoms with van der Waals surface area (Å²) in [4.78, 5) is 0. The van der Waals surface area contributed by atoms with Crippen LogP contribution in [0, 0.1) is 11.8 Å². The maximum Gasteiger partial charge on any atom is 0.101 e. The molecule has 4 nitrogen and oxygen atoms in total. The summed E-state index contributed by atoms with van der Waals surface area (Å²) in [6.07, 6.45) is 3.54. The molecule has 86 valence electrons. The Kier molecular flexibility index (Phi) is 1.73. The van der Waals surface area contributed by atoms with E-state index in [4.69, 9.17) is 0 Å². The van der Waals surface area contributed by atoms with Crippen molar-refractivity contribution in [3.8, 4) is 0 Å². The molecule has 5 heteroatoms. The Bertz CT molecular complexity index is 386. The van der Waals surface area contributed by atoms with Crippen LogP contribution in [0.1, 0.15) is 38.5 Å². The van der Waals surface area contributed by atoms with Gasteiger partial charge in [0.05, 0.1) is 10.3 Å². The molecule has 4 saturated carbocycles. The van der Waals surface area contributed by atoms with Crippen LogP contribution in [0.2, 0.25) is 0 Å². The summed E-state index contributed by atoms with van der Waals surface area (Å²) in [5.41, 5.74) is -0.860. The maximum absolute atomic E-state index is 11.4. The van der Waals surface area contributed by atoms with Crippen molar-refractivity contribution in [1.82, 2.24) is 0 Å². The zero-order valence-corrected chi connectivity index (χ0v) is 9.29. The van der Waals surface area contributed by atoms with E-state index in [9.17, 15) is 18.1 Å². The van der Waals surface area contributed by atoms with Gasteiger partial charge in [-0.25, -0.2) is 8.42 Å². The second-order valence-corrected chi connectivity index (χ2v) is 7.60. The molecule has 0 aromatic rings. The van der Waals surface area contributed by atoms with E-state index in [1.165, 1.54) is 0 Å². The molecule has 1 N–H and O–H groups in total. The van der Waals surface area contributed by atoms with Gasteiger partial charge in [-0.05, 0) is 50.4 Å². The Balaban J connectivity index is 2.07. The first-order valence-electron chi connectivity index (χ1n) is 5.50. The Morgan fingerprint density at radius 3 is 2.07 bits per heavy atom. The number of rotatable bonds is 1. The average molecular weight is 231 g/mol. The molecule has 2 unspecified atom stereocenters. The summed E-state index contributed by atoms with van der Waals surface area (Å²) in [7, 11) is -4.27. The van der Waals surface area contributed by atoms with Gasteiger partial charge in [0.25, 0.3) is 0 Å². The molecule has 0 aromatic carbocycles. The second-order valence-electron chi connectivity index (χ2n) is 5.82. The standard InChI is InChI=1S/C10H16O4S/c11-9-2-7-1-8(3-9)5-10(4-7,6-9)15(12,13)14/h7-8,11H,1-6H2,(H,12,13,14)/p-1. The third-order valence-corrected chi connectivity index (χ3v) is 6.05. The van der Waals surface area contributed by atoms with Crippen LogP contribution in [0.25, 0.3) is 0 Å². The molecule has 0 saturated heterocycles. The summed E-state index contributed by atoms with van der Waals surface area (Å²) < 4.78 is 32.9. The molecular formula is C10H15O4S-. The predicted octanol–water partition coefficient (Wildman–Crippen LogP) is 0.615. The molecule has 4 bridgehead atoms. The van der Waals surface area contributed by atoms with Gasteiger partial charge in [0.1, 0.15) is 10.1 Å². The quantitative estimate of drug-likeness (QED) is 0.671. The summed E-state index contributed by atoms with van der Waals surface area (Å²) in [6.45, 7) is 0. The van der Waals surface area contributed by atoms with Crippen molar-refractivity contribution in [2.75, 3.05) is 0 Å². The SMILES string of the molecule is O=S(=O)([O-])C12CC3CC(CC(O)(C3)C1)C2. The van der Waals surface area contributed by atoms with Gasteiger partial charge in [-0.15, -0.1) is 0 Å². The molecular weight excluding hydrogens is 216 g/mol. The van der Waals surface area contributed by atoms with E-state index in [-0.39, 0.29) is 18.3 Å². The highest BCUT2D eigenvalue weighted by molar-refractivity contribution is 7.87. The van der Waals surface area contributed by atoms with E-state index in [0.29, 0.717) is 25.7 Å². The topological polar surface area (TPSA) is 77.4 Å². The third-order valence-electron chi connectivity index (χ3n) is 4.51. The van der Waals surface area contributed by atoms with Crippen molar-refractivity contribution in [2.45, 2.75) is 48.9 Å². The Morgan fingerprint density at radius 1 is 1.13 bits per heavy atom. The molecule has 4 aliphatic carbocycles. The van der Waals surface area contributed by atoms with E-state index < -0.39 is 20.5 Å². The van der Waals surface area contributed by atoms with Crippen molar-refractivity contribution >= 4 is 10.1 Å². The highest BCUT2D eigenvalue weighted by Crippen LogP contribution is 2.59. The van der Waals surface area contributed by atoms with E-state index in [0.717, 1.165) is 6.42 Å². The zero-order chi connectivity index (χ0) is 10.9. The lowest BCUT2D eigenvalue weighted by molar-refractivity contribution is -0.117. The van der Waals surface area contributed by atoms with Gasteiger partial charge in [0.2, 0.25) is 0 Å². The minimum atomic E-state index is -4.27. The fraction of sp³-hybridized carbons (Fsp3) is 1.00. The third kappa shape index (κ3) is 1.29. The Morgan fingerprint density at radius 2 is 1.67 bits per heavy atom. The predicted molar refractivity (Wildman–Crippen MR) is 52.1 cm³/mol. The first kappa shape index (κ1) is 10.1. The molecule has 0 heterocycles. The van der Waals surface area contributed by atoms with Crippen LogP contribution in [0.5, 0.6) is 0 Å². The smallest absolute Gasteiger partial charge is 0.101 e. The van der Waals surface area contributed by atoms with Gasteiger partial charge in [0.15, 0.2) is 0 Å². The second kappa shape index (κ2) is 2.57. The molecule has 4 fully saturated rings. The van der Waals surface area contributed by atoms with E-state index in [1.807, 2.05) is 0 Å². The lowest BCUT2D eigenvalue weighted by Gasteiger charge is -2.60. The summed E-state index contributed by atoms with van der Waals surface area (Å²) in [5.74, 6) is 0.500. The molecule has 15 heavy (non-hydrogen) atoms. The van der Waals surface area contributed by atoms with Crippen LogP contribution in [0.3, 0.4) is 0 Å². The minimum Gasteiger partial charge on any atom is -0.748 e. The molecule has 0 aliphatic heterocycles. The fourth-order valence-corrected chi connectivity index (χ4v) is 5.75. The molecule has 0 spiro atoms. The van der Waals surface area contributed by atoms with E-state index in [1.54, 1.807) is 0 Å². The van der Waals surface area contributed by atoms with Gasteiger partial charge in [-0.3, -0.25) is 0 Å². The number of hydrogen-bond acceptors (Lipinski definition) is 4. The molecule has 4 aliphatic rings. The lowest BCUT2D eigenvalue weighted by Crippen LogP contribution is -2.61. The summed E-state index contributed by atoms with van der Waals surface area (Å²) in [5, 5.41) is 10.2. The Hall–Kier alpha value is -0.130. The number of hydrogen-bond donors (Lipinski definition) is 1. The monoisotopic (exact) mass is 231 g/mol. The largest absolute Gasteiger partial charge is 0.748 e. The summed E-state index contributed by atoms with van der Waals surface area (Å²) in [6, 6.07) is 0. The highest BCUT2D eigenvalue weighted by atomic mass is 32.2. The van der Waals surface area contributed by atoms with E-state index >= 15 is 0 Å². The molecule has 4 rings (SSSR count). The first-order chi connectivity index (χ1) is 6.82. The fourth-order valence-electron chi connectivity index (χ4n) is 4.42. The van der Waals surface area contributed by atoms with Crippen molar-refractivity contribution in [3.05, 3.63) is 0 Å². The van der Waals surface area contributed by atoms with Crippen LogP contribution in [-0.2, 0) is 10.1 Å². The van der Waals surface area contributed by atoms with Crippen molar-refractivity contribution < 1.29 is 18.1 Å². The first-order valence-corrected chi connectivity index (χ1v) is 6.91. The van der Waals surface area contributed by atoms with Crippen LogP contribution in [0.4, 0.5) is 0 Å². The Labute approximate surface area is 89.4 Å². The minimum absolute atomic E-state index is 0.179. The maximum atomic E-state index is 11.4. The molecule has 2 atom stereocenters. The van der Waals surface area contributed by atoms with Crippen molar-refractivity contribution in [3.63, 3.8) is 0 Å².